The number of carbonyl (C=O) groups excluding carboxylic acids is 1. The van der Waals surface area contributed by atoms with Gasteiger partial charge in [0.25, 0.3) is 5.56 Å². The molecule has 1 amide bonds. The SMILES string of the molecule is O=C(CCn1nc(-c2ccc(Cl)cc2)ccc1=O)NCC[NH+]1CCOCC1. The van der Waals surface area contributed by atoms with Crippen LogP contribution in [0.1, 0.15) is 6.42 Å². The fourth-order valence-electron chi connectivity index (χ4n) is 2.97. The molecule has 0 unspecified atom stereocenters. The Morgan fingerprint density at radius 3 is 2.67 bits per heavy atom. The van der Waals surface area contributed by atoms with Crippen molar-refractivity contribution in [1.29, 1.82) is 0 Å². The summed E-state index contributed by atoms with van der Waals surface area (Å²) < 4.78 is 6.65. The minimum atomic E-state index is -0.224. The lowest BCUT2D eigenvalue weighted by Gasteiger charge is -2.23. The van der Waals surface area contributed by atoms with Gasteiger partial charge in [-0.25, -0.2) is 4.68 Å². The molecule has 1 aliphatic heterocycles. The quantitative estimate of drug-likeness (QED) is 0.695. The molecule has 27 heavy (non-hydrogen) atoms. The van der Waals surface area contributed by atoms with E-state index >= 15 is 0 Å². The van der Waals surface area contributed by atoms with Crippen LogP contribution in [0.2, 0.25) is 5.02 Å². The summed E-state index contributed by atoms with van der Waals surface area (Å²) >= 11 is 5.90. The van der Waals surface area contributed by atoms with Crippen molar-refractivity contribution < 1.29 is 14.4 Å². The molecule has 0 radical (unpaired) electrons. The molecule has 2 N–H and O–H groups in total. The average Bonchev–Trinajstić information content (AvgIpc) is 2.69. The van der Waals surface area contributed by atoms with Crippen molar-refractivity contribution in [2.24, 2.45) is 0 Å². The average molecular weight is 392 g/mol. The predicted octanol–water partition coefficient (Wildman–Crippen LogP) is -0.0149. The molecule has 1 saturated heterocycles. The number of rotatable bonds is 7. The number of aromatic nitrogens is 2. The first-order valence-corrected chi connectivity index (χ1v) is 9.52. The molecule has 1 fully saturated rings. The second kappa shape index (κ2) is 9.64. The number of carbonyl (C=O) groups is 1. The monoisotopic (exact) mass is 391 g/mol. The summed E-state index contributed by atoms with van der Waals surface area (Å²) in [6.45, 7) is 5.28. The molecule has 0 saturated carbocycles. The Hall–Kier alpha value is -2.22. The molecule has 1 aromatic heterocycles. The molecule has 0 spiro atoms. The first kappa shape index (κ1) is 19.5. The molecule has 0 bridgehead atoms. The molecular weight excluding hydrogens is 368 g/mol. The van der Waals surface area contributed by atoms with Crippen LogP contribution < -0.4 is 15.8 Å². The third-order valence-electron chi connectivity index (χ3n) is 4.56. The van der Waals surface area contributed by atoms with Crippen LogP contribution in [0.5, 0.6) is 0 Å². The lowest BCUT2D eigenvalue weighted by Crippen LogP contribution is -3.14. The predicted molar refractivity (Wildman–Crippen MR) is 103 cm³/mol. The fraction of sp³-hybridized carbons (Fsp3) is 0.421. The number of nitrogens with zero attached hydrogens (tertiary/aromatic N) is 2. The van der Waals surface area contributed by atoms with Gasteiger partial charge in [0.15, 0.2) is 0 Å². The van der Waals surface area contributed by atoms with E-state index in [4.69, 9.17) is 16.3 Å². The van der Waals surface area contributed by atoms with Crippen molar-refractivity contribution in [3.63, 3.8) is 0 Å². The first-order chi connectivity index (χ1) is 13.1. The van der Waals surface area contributed by atoms with Crippen molar-refractivity contribution in [3.05, 3.63) is 51.8 Å². The van der Waals surface area contributed by atoms with Crippen molar-refractivity contribution >= 4 is 17.5 Å². The molecular formula is C19H24ClN4O3+. The zero-order chi connectivity index (χ0) is 19.1. The smallest absolute Gasteiger partial charge is 0.266 e. The van der Waals surface area contributed by atoms with Gasteiger partial charge in [-0.3, -0.25) is 9.59 Å². The van der Waals surface area contributed by atoms with Gasteiger partial charge in [0.05, 0.1) is 38.5 Å². The molecule has 3 rings (SSSR count). The molecule has 8 heteroatoms. The van der Waals surface area contributed by atoms with E-state index in [1.807, 2.05) is 12.1 Å². The third kappa shape index (κ3) is 5.89. The standard InChI is InChI=1S/C19H23ClN4O3/c20-16-3-1-15(2-4-16)17-5-6-19(26)24(22-17)9-7-18(25)21-8-10-23-11-13-27-14-12-23/h1-6H,7-14H2,(H,21,25)/p+1. The van der Waals surface area contributed by atoms with Crippen molar-refractivity contribution in [3.8, 4) is 11.3 Å². The maximum absolute atomic E-state index is 12.1. The zero-order valence-electron chi connectivity index (χ0n) is 15.1. The van der Waals surface area contributed by atoms with Gasteiger partial charge in [0.1, 0.15) is 13.1 Å². The molecule has 2 heterocycles. The Bertz CT molecular complexity index is 816. The second-order valence-electron chi connectivity index (χ2n) is 6.50. The highest BCUT2D eigenvalue weighted by Gasteiger charge is 2.13. The number of nitrogens with one attached hydrogen (secondary N) is 2. The Balaban J connectivity index is 1.51. The number of hydrogen-bond acceptors (Lipinski definition) is 4. The number of ether oxygens (including phenoxy) is 1. The lowest BCUT2D eigenvalue weighted by atomic mass is 10.1. The second-order valence-corrected chi connectivity index (χ2v) is 6.94. The van der Waals surface area contributed by atoms with E-state index in [0.29, 0.717) is 17.3 Å². The Morgan fingerprint density at radius 1 is 1.19 bits per heavy atom. The van der Waals surface area contributed by atoms with E-state index in [-0.39, 0.29) is 24.4 Å². The van der Waals surface area contributed by atoms with E-state index < -0.39 is 0 Å². The van der Waals surface area contributed by atoms with Gasteiger partial charge in [-0.1, -0.05) is 23.7 Å². The Labute approximate surface area is 162 Å². The van der Waals surface area contributed by atoms with Crippen LogP contribution in [0, 0.1) is 0 Å². The Kier molecular flexibility index (Phi) is 6.98. The summed E-state index contributed by atoms with van der Waals surface area (Å²) in [5.74, 6) is -0.0757. The highest BCUT2D eigenvalue weighted by molar-refractivity contribution is 6.30. The van der Waals surface area contributed by atoms with E-state index in [9.17, 15) is 9.59 Å². The topological polar surface area (TPSA) is 77.7 Å². The van der Waals surface area contributed by atoms with Crippen LogP contribution >= 0.6 is 11.6 Å². The molecule has 2 aromatic rings. The van der Waals surface area contributed by atoms with Crippen molar-refractivity contribution in [2.45, 2.75) is 13.0 Å². The van der Waals surface area contributed by atoms with Gasteiger partial charge in [0.2, 0.25) is 5.91 Å². The van der Waals surface area contributed by atoms with Gasteiger partial charge in [-0.2, -0.15) is 5.10 Å². The first-order valence-electron chi connectivity index (χ1n) is 9.14. The molecule has 7 nitrogen and oxygen atoms in total. The fourth-order valence-corrected chi connectivity index (χ4v) is 3.09. The zero-order valence-corrected chi connectivity index (χ0v) is 15.9. The Morgan fingerprint density at radius 2 is 1.93 bits per heavy atom. The molecule has 1 aromatic carbocycles. The maximum atomic E-state index is 12.1. The summed E-state index contributed by atoms with van der Waals surface area (Å²) in [4.78, 5) is 25.5. The van der Waals surface area contributed by atoms with E-state index in [0.717, 1.165) is 38.4 Å². The van der Waals surface area contributed by atoms with Crippen LogP contribution in [-0.2, 0) is 16.1 Å². The van der Waals surface area contributed by atoms with Crippen LogP contribution in [0.15, 0.2) is 41.2 Å². The lowest BCUT2D eigenvalue weighted by molar-refractivity contribution is -0.906. The van der Waals surface area contributed by atoms with Gasteiger partial charge in [-0.15, -0.1) is 0 Å². The number of benzene rings is 1. The number of quaternary nitrogens is 1. The highest BCUT2D eigenvalue weighted by Crippen LogP contribution is 2.18. The van der Waals surface area contributed by atoms with Crippen molar-refractivity contribution in [1.82, 2.24) is 15.1 Å². The van der Waals surface area contributed by atoms with E-state index in [1.165, 1.54) is 15.6 Å². The minimum Gasteiger partial charge on any atom is -0.370 e. The number of amides is 1. The van der Waals surface area contributed by atoms with Crippen LogP contribution in [0.25, 0.3) is 11.3 Å². The van der Waals surface area contributed by atoms with Gasteiger partial charge >= 0.3 is 0 Å². The number of aryl methyl sites for hydroxylation is 1. The molecule has 1 aliphatic rings. The normalized spacial score (nSPS) is 14.9. The molecule has 0 atom stereocenters. The highest BCUT2D eigenvalue weighted by atomic mass is 35.5. The van der Waals surface area contributed by atoms with Gasteiger partial charge in [-0.05, 0) is 18.2 Å². The van der Waals surface area contributed by atoms with Crippen LogP contribution in [0.3, 0.4) is 0 Å². The summed E-state index contributed by atoms with van der Waals surface area (Å²) in [7, 11) is 0. The third-order valence-corrected chi connectivity index (χ3v) is 4.81. The summed E-state index contributed by atoms with van der Waals surface area (Å²) in [6.07, 6.45) is 0.218. The van der Waals surface area contributed by atoms with Crippen LogP contribution in [-0.4, -0.2) is 55.1 Å². The largest absolute Gasteiger partial charge is 0.370 e. The molecule has 144 valence electrons. The van der Waals surface area contributed by atoms with E-state index in [2.05, 4.69) is 10.4 Å². The maximum Gasteiger partial charge on any atom is 0.266 e. The van der Waals surface area contributed by atoms with Crippen molar-refractivity contribution in [2.75, 3.05) is 39.4 Å². The number of halogens is 1. The van der Waals surface area contributed by atoms with E-state index in [1.54, 1.807) is 18.2 Å². The summed E-state index contributed by atoms with van der Waals surface area (Å²) in [6, 6.07) is 10.4. The minimum absolute atomic E-state index is 0.0757. The van der Waals surface area contributed by atoms with Gasteiger partial charge in [0, 0.05) is 23.1 Å². The summed E-state index contributed by atoms with van der Waals surface area (Å²) in [5, 5.41) is 7.92. The van der Waals surface area contributed by atoms with Crippen LogP contribution in [0.4, 0.5) is 0 Å². The van der Waals surface area contributed by atoms with Gasteiger partial charge < -0.3 is 15.0 Å². The number of morpholine rings is 1. The number of hydrogen-bond donors (Lipinski definition) is 2. The molecule has 0 aliphatic carbocycles. The summed E-state index contributed by atoms with van der Waals surface area (Å²) in [5.41, 5.74) is 1.31.